The third-order valence-electron chi connectivity index (χ3n) is 4.61. The number of guanidine groups is 1. The number of nitrogens with zero attached hydrogens (tertiary/aromatic N) is 3. The van der Waals surface area contributed by atoms with Gasteiger partial charge in [-0.3, -0.25) is 4.99 Å². The number of aliphatic imine (C=N–C) groups is 1. The molecule has 0 radical (unpaired) electrons. The van der Waals surface area contributed by atoms with E-state index in [1.54, 1.807) is 20.4 Å². The van der Waals surface area contributed by atoms with Crippen LogP contribution in [0.4, 0.5) is 5.82 Å². The van der Waals surface area contributed by atoms with Crippen LogP contribution in [0.15, 0.2) is 47.6 Å². The van der Waals surface area contributed by atoms with Crippen molar-refractivity contribution in [1.82, 2.24) is 15.2 Å². The topological polar surface area (TPSA) is 71.0 Å². The lowest BCUT2D eigenvalue weighted by Crippen LogP contribution is -2.40. The van der Waals surface area contributed by atoms with Crippen LogP contribution in [0.25, 0.3) is 0 Å². The van der Waals surface area contributed by atoms with Gasteiger partial charge in [-0.15, -0.1) is 0 Å². The Bertz CT molecular complexity index is 752. The van der Waals surface area contributed by atoms with E-state index < -0.39 is 0 Å². The highest BCUT2D eigenvalue weighted by molar-refractivity contribution is 5.79. The quantitative estimate of drug-likeness (QED) is 0.344. The van der Waals surface area contributed by atoms with E-state index in [0.29, 0.717) is 0 Å². The smallest absolute Gasteiger partial charge is 0.193 e. The third kappa shape index (κ3) is 7.52. The van der Waals surface area contributed by atoms with E-state index in [-0.39, 0.29) is 0 Å². The lowest BCUT2D eigenvalue weighted by Gasteiger charge is -2.22. The fourth-order valence-electron chi connectivity index (χ4n) is 2.96. The number of hydrogen-bond acceptors (Lipinski definition) is 5. The molecule has 0 atom stereocenters. The van der Waals surface area contributed by atoms with Gasteiger partial charge < -0.3 is 25.0 Å². The van der Waals surface area contributed by atoms with Crippen molar-refractivity contribution < 1.29 is 9.47 Å². The van der Waals surface area contributed by atoms with E-state index in [1.165, 1.54) is 5.56 Å². The minimum atomic E-state index is 0.750. The second-order valence-corrected chi connectivity index (χ2v) is 6.68. The van der Waals surface area contributed by atoms with Crippen molar-refractivity contribution in [3.63, 3.8) is 0 Å². The average Bonchev–Trinajstić information content (AvgIpc) is 2.77. The van der Waals surface area contributed by atoms with E-state index in [1.807, 2.05) is 37.4 Å². The standard InChI is InChI=1S/C22H33N5O2/c1-23-22(26-15-8-7-14-25-21-9-5-6-13-24-21)27(2)16-12-18-10-11-19(28-3)20(17-18)29-4/h5-6,9-11,13,17H,7-8,12,14-16H2,1-4H3,(H,23,26)(H,24,25). The molecular weight excluding hydrogens is 366 g/mol. The number of methoxy groups -OCH3 is 2. The molecule has 0 amide bonds. The van der Waals surface area contributed by atoms with Gasteiger partial charge in [0.1, 0.15) is 5.82 Å². The maximum atomic E-state index is 5.38. The number of ether oxygens (including phenoxy) is 2. The Labute approximate surface area is 174 Å². The number of likely N-dealkylation sites (N-methyl/N-ethyl adjacent to an activating group) is 1. The van der Waals surface area contributed by atoms with Crippen molar-refractivity contribution in [1.29, 1.82) is 0 Å². The zero-order valence-electron chi connectivity index (χ0n) is 17.9. The molecule has 0 saturated carbocycles. The molecule has 1 heterocycles. The highest BCUT2D eigenvalue weighted by atomic mass is 16.5. The summed E-state index contributed by atoms with van der Waals surface area (Å²) in [6.07, 6.45) is 4.82. The van der Waals surface area contributed by atoms with E-state index >= 15 is 0 Å². The Hall–Kier alpha value is -2.96. The molecule has 1 aromatic carbocycles. The van der Waals surface area contributed by atoms with Crippen LogP contribution in [0, 0.1) is 0 Å². The van der Waals surface area contributed by atoms with Gasteiger partial charge >= 0.3 is 0 Å². The molecule has 0 fully saturated rings. The molecule has 0 spiro atoms. The number of pyridine rings is 1. The molecule has 0 aliphatic rings. The molecule has 2 rings (SSSR count). The van der Waals surface area contributed by atoms with Crippen molar-refractivity contribution in [3.05, 3.63) is 48.2 Å². The molecule has 29 heavy (non-hydrogen) atoms. The molecule has 1 aromatic heterocycles. The van der Waals surface area contributed by atoms with Gasteiger partial charge in [0, 0.05) is 39.9 Å². The zero-order valence-corrected chi connectivity index (χ0v) is 17.9. The molecular formula is C22H33N5O2. The maximum absolute atomic E-state index is 5.38. The molecule has 0 bridgehead atoms. The first-order chi connectivity index (χ1) is 14.2. The number of rotatable bonds is 11. The maximum Gasteiger partial charge on any atom is 0.193 e. The summed E-state index contributed by atoms with van der Waals surface area (Å²) in [6.45, 7) is 2.65. The summed E-state index contributed by atoms with van der Waals surface area (Å²) in [7, 11) is 7.18. The normalized spacial score (nSPS) is 11.1. The minimum absolute atomic E-state index is 0.750. The molecule has 7 heteroatoms. The fraction of sp³-hybridized carbons (Fsp3) is 0.455. The Morgan fingerprint density at radius 1 is 1.07 bits per heavy atom. The van der Waals surface area contributed by atoms with Crippen molar-refractivity contribution in [2.45, 2.75) is 19.3 Å². The van der Waals surface area contributed by atoms with Crippen LogP contribution in [0.2, 0.25) is 0 Å². The summed E-state index contributed by atoms with van der Waals surface area (Å²) in [4.78, 5) is 10.8. The lowest BCUT2D eigenvalue weighted by atomic mass is 10.1. The third-order valence-corrected chi connectivity index (χ3v) is 4.61. The van der Waals surface area contributed by atoms with Gasteiger partial charge in [-0.2, -0.15) is 0 Å². The molecule has 0 aliphatic carbocycles. The Balaban J connectivity index is 1.68. The summed E-state index contributed by atoms with van der Waals surface area (Å²) in [5.41, 5.74) is 1.20. The zero-order chi connectivity index (χ0) is 20.9. The number of benzene rings is 1. The number of unbranched alkanes of at least 4 members (excludes halogenated alkanes) is 1. The highest BCUT2D eigenvalue weighted by Crippen LogP contribution is 2.27. The molecule has 0 saturated heterocycles. The Kier molecular flexibility index (Phi) is 9.62. The Morgan fingerprint density at radius 2 is 1.86 bits per heavy atom. The molecule has 0 aliphatic heterocycles. The van der Waals surface area contributed by atoms with Crippen LogP contribution < -0.4 is 20.1 Å². The van der Waals surface area contributed by atoms with Crippen LogP contribution in [0.5, 0.6) is 11.5 Å². The second kappa shape index (κ2) is 12.5. The molecule has 0 unspecified atom stereocenters. The summed E-state index contributed by atoms with van der Waals surface area (Å²) < 4.78 is 10.7. The highest BCUT2D eigenvalue weighted by Gasteiger charge is 2.08. The summed E-state index contributed by atoms with van der Waals surface area (Å²) in [5.74, 6) is 3.34. The SMILES string of the molecule is CN=C(NCCCCNc1ccccn1)N(C)CCc1ccc(OC)c(OC)c1. The van der Waals surface area contributed by atoms with Crippen molar-refractivity contribution in [2.75, 3.05) is 53.3 Å². The summed E-state index contributed by atoms with van der Waals surface area (Å²) >= 11 is 0. The molecule has 2 aromatic rings. The summed E-state index contributed by atoms with van der Waals surface area (Å²) in [6, 6.07) is 11.9. The fourth-order valence-corrected chi connectivity index (χ4v) is 2.96. The van der Waals surface area contributed by atoms with Gasteiger partial charge in [0.15, 0.2) is 17.5 Å². The van der Waals surface area contributed by atoms with Crippen LogP contribution in [-0.2, 0) is 6.42 Å². The van der Waals surface area contributed by atoms with Crippen LogP contribution in [0.1, 0.15) is 18.4 Å². The van der Waals surface area contributed by atoms with Crippen molar-refractivity contribution >= 4 is 11.8 Å². The largest absolute Gasteiger partial charge is 0.493 e. The lowest BCUT2D eigenvalue weighted by molar-refractivity contribution is 0.354. The first-order valence-corrected chi connectivity index (χ1v) is 9.95. The summed E-state index contributed by atoms with van der Waals surface area (Å²) in [5, 5.41) is 6.76. The first-order valence-electron chi connectivity index (χ1n) is 9.95. The van der Waals surface area contributed by atoms with Gasteiger partial charge in [0.25, 0.3) is 0 Å². The Morgan fingerprint density at radius 3 is 2.55 bits per heavy atom. The molecule has 158 valence electrons. The van der Waals surface area contributed by atoms with Gasteiger partial charge in [0.05, 0.1) is 14.2 Å². The van der Waals surface area contributed by atoms with E-state index in [0.717, 1.165) is 62.2 Å². The minimum Gasteiger partial charge on any atom is -0.493 e. The second-order valence-electron chi connectivity index (χ2n) is 6.68. The van der Waals surface area contributed by atoms with Crippen LogP contribution >= 0.6 is 0 Å². The van der Waals surface area contributed by atoms with Gasteiger partial charge in [0.2, 0.25) is 0 Å². The van der Waals surface area contributed by atoms with Gasteiger partial charge in [-0.1, -0.05) is 12.1 Å². The van der Waals surface area contributed by atoms with E-state index in [2.05, 4.69) is 38.6 Å². The van der Waals surface area contributed by atoms with E-state index in [9.17, 15) is 0 Å². The number of anilines is 1. The number of hydrogen-bond donors (Lipinski definition) is 2. The number of nitrogens with one attached hydrogen (secondary N) is 2. The molecule has 7 nitrogen and oxygen atoms in total. The average molecular weight is 400 g/mol. The molecule has 2 N–H and O–H groups in total. The van der Waals surface area contributed by atoms with Crippen LogP contribution in [-0.4, -0.2) is 63.8 Å². The van der Waals surface area contributed by atoms with Crippen molar-refractivity contribution in [2.24, 2.45) is 4.99 Å². The first kappa shape index (κ1) is 22.3. The predicted octanol–water partition coefficient (Wildman–Crippen LogP) is 3.04. The number of aromatic nitrogens is 1. The monoisotopic (exact) mass is 399 g/mol. The van der Waals surface area contributed by atoms with E-state index in [4.69, 9.17) is 9.47 Å². The van der Waals surface area contributed by atoms with Crippen molar-refractivity contribution in [3.8, 4) is 11.5 Å². The van der Waals surface area contributed by atoms with Crippen LogP contribution in [0.3, 0.4) is 0 Å². The van der Waals surface area contributed by atoms with Gasteiger partial charge in [-0.25, -0.2) is 4.98 Å². The van der Waals surface area contributed by atoms with Gasteiger partial charge in [-0.05, 0) is 49.1 Å². The predicted molar refractivity (Wildman–Crippen MR) is 119 cm³/mol.